The number of hydrogen-bond donors (Lipinski definition) is 1. The average Bonchev–Trinajstić information content (AvgIpc) is 2.16. The van der Waals surface area contributed by atoms with Gasteiger partial charge in [0.15, 0.2) is 0 Å². The number of nitrogens with one attached hydrogen (secondary N) is 1. The lowest BCUT2D eigenvalue weighted by molar-refractivity contribution is 0.257. The second-order valence-corrected chi connectivity index (χ2v) is 4.58. The van der Waals surface area contributed by atoms with Crippen molar-refractivity contribution in [3.05, 3.63) is 34.4 Å². The van der Waals surface area contributed by atoms with E-state index in [9.17, 15) is 0 Å². The maximum atomic E-state index is 3.50. The Morgan fingerprint density at radius 1 is 1.14 bits per heavy atom. The van der Waals surface area contributed by atoms with E-state index in [4.69, 9.17) is 0 Å². The van der Waals surface area contributed by atoms with Gasteiger partial charge < -0.3 is 5.32 Å². The Labute approximate surface area is 86.5 Å². The first kappa shape index (κ1) is 9.72. The minimum Gasteiger partial charge on any atom is -0.309 e. The molecule has 76 valence electrons. The summed E-state index contributed by atoms with van der Waals surface area (Å²) in [6, 6.07) is 5.12. The van der Waals surface area contributed by atoms with Crippen LogP contribution in [0.25, 0.3) is 0 Å². The van der Waals surface area contributed by atoms with Crippen molar-refractivity contribution in [3.8, 4) is 0 Å². The Morgan fingerprint density at radius 3 is 2.36 bits per heavy atom. The quantitative estimate of drug-likeness (QED) is 0.716. The molecular formula is C13H19N. The fourth-order valence-corrected chi connectivity index (χ4v) is 2.20. The van der Waals surface area contributed by atoms with Gasteiger partial charge in [0.05, 0.1) is 0 Å². The molecule has 0 amide bonds. The molecule has 0 radical (unpaired) electrons. The van der Waals surface area contributed by atoms with Gasteiger partial charge in [-0.2, -0.15) is 0 Å². The highest BCUT2D eigenvalue weighted by atomic mass is 15.0. The van der Waals surface area contributed by atoms with E-state index in [1.165, 1.54) is 22.3 Å². The molecule has 1 aliphatic heterocycles. The van der Waals surface area contributed by atoms with Crippen LogP contribution in [0.4, 0.5) is 0 Å². The Balaban J connectivity index is 2.39. The Bertz CT molecular complexity index is 354. The standard InChI is InChI=1S/C13H19N/c1-8-5-6-12(11(4)10(8)3)13-9(2)7-14-13/h5-6,9,13-14H,7H2,1-4H3. The van der Waals surface area contributed by atoms with Crippen molar-refractivity contribution in [1.29, 1.82) is 0 Å². The molecule has 1 fully saturated rings. The fraction of sp³-hybridized carbons (Fsp3) is 0.538. The molecule has 0 saturated carbocycles. The lowest BCUT2D eigenvalue weighted by Gasteiger charge is -2.37. The predicted octanol–water partition coefficient (Wildman–Crippen LogP) is 2.89. The predicted molar refractivity (Wildman–Crippen MR) is 60.6 cm³/mol. The van der Waals surface area contributed by atoms with Crippen LogP contribution in [0.5, 0.6) is 0 Å². The van der Waals surface area contributed by atoms with Crippen LogP contribution in [-0.2, 0) is 0 Å². The number of aryl methyl sites for hydroxylation is 1. The molecule has 0 aromatic heterocycles. The molecule has 1 saturated heterocycles. The Kier molecular flexibility index (Phi) is 2.36. The lowest BCUT2D eigenvalue weighted by atomic mass is 9.83. The first-order valence-electron chi connectivity index (χ1n) is 5.41. The number of benzene rings is 1. The summed E-state index contributed by atoms with van der Waals surface area (Å²) in [6.45, 7) is 10.1. The molecule has 1 nitrogen and oxygen atoms in total. The normalized spacial score (nSPS) is 26.0. The van der Waals surface area contributed by atoms with Gasteiger partial charge in [-0.3, -0.25) is 0 Å². The van der Waals surface area contributed by atoms with Crippen molar-refractivity contribution in [2.75, 3.05) is 6.54 Å². The zero-order chi connectivity index (χ0) is 10.3. The molecule has 1 heterocycles. The minimum atomic E-state index is 0.592. The van der Waals surface area contributed by atoms with Gasteiger partial charge in [-0.15, -0.1) is 0 Å². The summed E-state index contributed by atoms with van der Waals surface area (Å²) in [5.74, 6) is 0.788. The molecule has 1 aromatic rings. The molecule has 1 aliphatic rings. The molecule has 2 unspecified atom stereocenters. The van der Waals surface area contributed by atoms with Gasteiger partial charge in [0.2, 0.25) is 0 Å². The van der Waals surface area contributed by atoms with E-state index in [0.717, 1.165) is 12.5 Å². The van der Waals surface area contributed by atoms with E-state index < -0.39 is 0 Å². The van der Waals surface area contributed by atoms with E-state index in [-0.39, 0.29) is 0 Å². The van der Waals surface area contributed by atoms with E-state index in [1.807, 2.05) is 0 Å². The van der Waals surface area contributed by atoms with Crippen molar-refractivity contribution < 1.29 is 0 Å². The van der Waals surface area contributed by atoms with Gasteiger partial charge in [0.25, 0.3) is 0 Å². The maximum Gasteiger partial charge on any atom is 0.0361 e. The van der Waals surface area contributed by atoms with Gasteiger partial charge in [0.1, 0.15) is 0 Å². The molecule has 2 rings (SSSR count). The molecular weight excluding hydrogens is 170 g/mol. The zero-order valence-electron chi connectivity index (χ0n) is 9.52. The van der Waals surface area contributed by atoms with Gasteiger partial charge in [-0.25, -0.2) is 0 Å². The maximum absolute atomic E-state index is 3.50. The van der Waals surface area contributed by atoms with Crippen molar-refractivity contribution in [1.82, 2.24) is 5.32 Å². The summed E-state index contributed by atoms with van der Waals surface area (Å²) in [4.78, 5) is 0. The third kappa shape index (κ3) is 1.36. The monoisotopic (exact) mass is 189 g/mol. The van der Waals surface area contributed by atoms with Crippen LogP contribution in [0.15, 0.2) is 12.1 Å². The molecule has 14 heavy (non-hydrogen) atoms. The lowest BCUT2D eigenvalue weighted by Crippen LogP contribution is -2.44. The van der Waals surface area contributed by atoms with Crippen molar-refractivity contribution >= 4 is 0 Å². The first-order chi connectivity index (χ1) is 6.61. The number of rotatable bonds is 1. The zero-order valence-corrected chi connectivity index (χ0v) is 9.52. The van der Waals surface area contributed by atoms with Gasteiger partial charge >= 0.3 is 0 Å². The highest BCUT2D eigenvalue weighted by molar-refractivity contribution is 5.41. The van der Waals surface area contributed by atoms with Crippen LogP contribution in [-0.4, -0.2) is 6.54 Å². The van der Waals surface area contributed by atoms with E-state index in [1.54, 1.807) is 0 Å². The summed E-state index contributed by atoms with van der Waals surface area (Å²) in [6.07, 6.45) is 0. The second kappa shape index (κ2) is 3.39. The summed E-state index contributed by atoms with van der Waals surface area (Å²) in [5, 5.41) is 3.50. The van der Waals surface area contributed by atoms with Crippen LogP contribution in [0.1, 0.15) is 35.2 Å². The van der Waals surface area contributed by atoms with Gasteiger partial charge in [0, 0.05) is 12.6 Å². The molecule has 1 N–H and O–H groups in total. The highest BCUT2D eigenvalue weighted by Gasteiger charge is 2.28. The van der Waals surface area contributed by atoms with Gasteiger partial charge in [-0.05, 0) is 48.9 Å². The molecule has 1 aromatic carbocycles. The highest BCUT2D eigenvalue weighted by Crippen LogP contribution is 2.32. The van der Waals surface area contributed by atoms with Crippen LogP contribution in [0.2, 0.25) is 0 Å². The first-order valence-corrected chi connectivity index (χ1v) is 5.41. The Morgan fingerprint density at radius 2 is 1.86 bits per heavy atom. The largest absolute Gasteiger partial charge is 0.309 e. The van der Waals surface area contributed by atoms with E-state index in [0.29, 0.717) is 6.04 Å². The van der Waals surface area contributed by atoms with Crippen LogP contribution in [0.3, 0.4) is 0 Å². The molecule has 0 aliphatic carbocycles. The van der Waals surface area contributed by atoms with Crippen LogP contribution in [0, 0.1) is 26.7 Å². The molecule has 1 heteroatoms. The molecule has 2 atom stereocenters. The third-order valence-corrected chi connectivity index (χ3v) is 3.66. The number of hydrogen-bond acceptors (Lipinski definition) is 1. The van der Waals surface area contributed by atoms with Gasteiger partial charge in [-0.1, -0.05) is 19.1 Å². The summed E-state index contributed by atoms with van der Waals surface area (Å²) >= 11 is 0. The summed E-state index contributed by atoms with van der Waals surface area (Å²) in [7, 11) is 0. The Hall–Kier alpha value is -0.820. The van der Waals surface area contributed by atoms with E-state index in [2.05, 4.69) is 45.1 Å². The van der Waals surface area contributed by atoms with Crippen molar-refractivity contribution in [2.24, 2.45) is 5.92 Å². The SMILES string of the molecule is Cc1ccc(C2NCC2C)c(C)c1C. The third-order valence-electron chi connectivity index (χ3n) is 3.66. The molecule has 0 bridgehead atoms. The molecule has 0 spiro atoms. The average molecular weight is 189 g/mol. The van der Waals surface area contributed by atoms with Crippen LogP contribution >= 0.6 is 0 Å². The van der Waals surface area contributed by atoms with E-state index >= 15 is 0 Å². The van der Waals surface area contributed by atoms with Crippen molar-refractivity contribution in [3.63, 3.8) is 0 Å². The topological polar surface area (TPSA) is 12.0 Å². The van der Waals surface area contributed by atoms with Crippen LogP contribution < -0.4 is 5.32 Å². The van der Waals surface area contributed by atoms with Crippen molar-refractivity contribution in [2.45, 2.75) is 33.7 Å². The smallest absolute Gasteiger partial charge is 0.0361 e. The fourth-order valence-electron chi connectivity index (χ4n) is 2.20. The summed E-state index contributed by atoms with van der Waals surface area (Å²) < 4.78 is 0. The second-order valence-electron chi connectivity index (χ2n) is 4.58. The minimum absolute atomic E-state index is 0.592. The summed E-state index contributed by atoms with van der Waals surface area (Å²) in [5.41, 5.74) is 5.81.